The summed E-state index contributed by atoms with van der Waals surface area (Å²) >= 11 is 2.56. The van der Waals surface area contributed by atoms with E-state index in [4.69, 9.17) is 0 Å². The molecule has 0 atom stereocenters. The van der Waals surface area contributed by atoms with Crippen LogP contribution < -0.4 is 2.89 Å². The fraction of sp³-hybridized carbons (Fsp3) is 0.571. The second kappa shape index (κ2) is 3.71. The normalized spacial score (nSPS) is 11.1. The third kappa shape index (κ3) is 2.58. The second-order valence-electron chi connectivity index (χ2n) is 2.96. The van der Waals surface area contributed by atoms with Crippen LogP contribution in [0.2, 0.25) is 0 Å². The first-order valence-corrected chi connectivity index (χ1v) is 7.27. The minimum absolute atomic E-state index is 0.666. The zero-order valence-electron chi connectivity index (χ0n) is 6.72. The molecule has 0 fully saturated rings. The van der Waals surface area contributed by atoms with Gasteiger partial charge in [-0.2, -0.15) is 0 Å². The van der Waals surface area contributed by atoms with E-state index in [0.29, 0.717) is 22.5 Å². The van der Waals surface area contributed by atoms with Crippen molar-refractivity contribution in [3.63, 3.8) is 0 Å². The molecule has 1 aromatic rings. The average Bonchev–Trinajstić information content (AvgIpc) is 2.13. The Labute approximate surface area is 79.0 Å². The Morgan fingerprint density at radius 1 is 1.70 bits per heavy atom. The van der Waals surface area contributed by atoms with Gasteiger partial charge in [-0.3, -0.25) is 0 Å². The molecule has 10 heavy (non-hydrogen) atoms. The van der Waals surface area contributed by atoms with Gasteiger partial charge in [0.15, 0.2) is 0 Å². The molecule has 0 aliphatic carbocycles. The standard InChI is InChI=1S/C7H10NS.Sn.3H/c1-6(2)5-7-8-3-4-9-7;;;;/h3,6H,5H2,1-2H3;;;;. The van der Waals surface area contributed by atoms with Crippen molar-refractivity contribution in [3.05, 3.63) is 11.2 Å². The zero-order valence-corrected chi connectivity index (χ0v) is 13.2. The van der Waals surface area contributed by atoms with Crippen molar-refractivity contribution in [1.29, 1.82) is 0 Å². The van der Waals surface area contributed by atoms with Gasteiger partial charge in [0.25, 0.3) is 0 Å². The Kier molecular flexibility index (Phi) is 3.17. The van der Waals surface area contributed by atoms with Crippen LogP contribution in [0.1, 0.15) is 18.9 Å². The zero-order chi connectivity index (χ0) is 7.56. The van der Waals surface area contributed by atoms with E-state index >= 15 is 0 Å². The van der Waals surface area contributed by atoms with Crippen molar-refractivity contribution in [2.75, 3.05) is 0 Å². The van der Waals surface area contributed by atoms with E-state index in [0.717, 1.165) is 12.3 Å². The minimum atomic E-state index is 0.666. The summed E-state index contributed by atoms with van der Waals surface area (Å²) in [5.41, 5.74) is 0. The van der Waals surface area contributed by atoms with E-state index in [1.807, 2.05) is 17.5 Å². The van der Waals surface area contributed by atoms with Crippen LogP contribution in [0.5, 0.6) is 0 Å². The molecule has 0 saturated carbocycles. The van der Waals surface area contributed by atoms with Gasteiger partial charge >= 0.3 is 79.1 Å². The molecule has 0 N–H and O–H groups in total. The first-order chi connectivity index (χ1) is 4.68. The van der Waals surface area contributed by atoms with Gasteiger partial charge in [0.1, 0.15) is 0 Å². The molecule has 0 amide bonds. The van der Waals surface area contributed by atoms with Crippen LogP contribution in [0.4, 0.5) is 0 Å². The summed E-state index contributed by atoms with van der Waals surface area (Å²) in [6.45, 7) is 4.47. The summed E-state index contributed by atoms with van der Waals surface area (Å²) in [5, 5.41) is 1.32. The van der Waals surface area contributed by atoms with Crippen molar-refractivity contribution >= 4 is 36.8 Å². The van der Waals surface area contributed by atoms with Crippen molar-refractivity contribution in [3.8, 4) is 0 Å². The van der Waals surface area contributed by atoms with Crippen LogP contribution in [-0.4, -0.2) is 27.5 Å². The third-order valence-electron chi connectivity index (χ3n) is 1.25. The maximum atomic E-state index is 4.33. The average molecular weight is 262 g/mol. The summed E-state index contributed by atoms with van der Waals surface area (Å²) in [5.74, 6) is 0.751. The Hall–Kier alpha value is 0.429. The fourth-order valence-electron chi connectivity index (χ4n) is 0.845. The molecule has 1 aromatic heterocycles. The molecule has 0 radical (unpaired) electrons. The summed E-state index contributed by atoms with van der Waals surface area (Å²) < 4.78 is 1.53. The SMILES string of the molecule is CC(C)Cc1nc[c]([SnH3])s1. The molecule has 0 aliphatic rings. The molecule has 56 valence electrons. The third-order valence-corrected chi connectivity index (χ3v) is 4.67. The number of hydrogen-bond donors (Lipinski definition) is 0. The predicted molar refractivity (Wildman–Crippen MR) is 50.2 cm³/mol. The number of nitrogens with zero attached hydrogens (tertiary/aromatic N) is 1. The van der Waals surface area contributed by atoms with Gasteiger partial charge < -0.3 is 0 Å². The summed E-state index contributed by atoms with van der Waals surface area (Å²) in [6, 6.07) is 0. The monoisotopic (exact) mass is 263 g/mol. The van der Waals surface area contributed by atoms with Crippen LogP contribution in [0, 0.1) is 5.92 Å². The molecule has 0 spiro atoms. The van der Waals surface area contributed by atoms with E-state index in [-0.39, 0.29) is 0 Å². The molecule has 0 unspecified atom stereocenters. The van der Waals surface area contributed by atoms with Gasteiger partial charge in [-0.15, -0.1) is 0 Å². The van der Waals surface area contributed by atoms with Crippen LogP contribution in [0.3, 0.4) is 0 Å². The van der Waals surface area contributed by atoms with E-state index in [1.165, 1.54) is 7.90 Å². The first-order valence-electron chi connectivity index (χ1n) is 3.60. The molecule has 0 aromatic carbocycles. The molecular weight excluding hydrogens is 249 g/mol. The summed E-state index contributed by atoms with van der Waals surface area (Å²) in [6.07, 6.45) is 3.20. The van der Waals surface area contributed by atoms with Gasteiger partial charge in [-0.05, 0) is 0 Å². The van der Waals surface area contributed by atoms with Crippen LogP contribution in [0.15, 0.2) is 6.20 Å². The van der Waals surface area contributed by atoms with Crippen molar-refractivity contribution in [2.45, 2.75) is 20.3 Å². The number of hydrogen-bond acceptors (Lipinski definition) is 2. The second-order valence-corrected chi connectivity index (χ2v) is 9.43. The van der Waals surface area contributed by atoms with Crippen molar-refractivity contribution in [2.24, 2.45) is 5.92 Å². The van der Waals surface area contributed by atoms with Crippen molar-refractivity contribution < 1.29 is 0 Å². The maximum absolute atomic E-state index is 4.33. The predicted octanol–water partition coefficient (Wildman–Crippen LogP) is 0.332. The topological polar surface area (TPSA) is 12.9 Å². The van der Waals surface area contributed by atoms with Crippen molar-refractivity contribution in [1.82, 2.24) is 4.98 Å². The van der Waals surface area contributed by atoms with Crippen LogP contribution in [-0.2, 0) is 6.42 Å². The Morgan fingerprint density at radius 3 is 2.80 bits per heavy atom. The number of thiazole rings is 1. The number of aromatic nitrogens is 1. The van der Waals surface area contributed by atoms with E-state index in [1.54, 1.807) is 0 Å². The Balaban J connectivity index is 2.58. The summed E-state index contributed by atoms with van der Waals surface area (Å²) in [4.78, 5) is 4.33. The quantitative estimate of drug-likeness (QED) is 0.700. The molecule has 1 rings (SSSR count). The fourth-order valence-corrected chi connectivity index (χ4v) is 4.23. The van der Waals surface area contributed by atoms with Gasteiger partial charge in [-0.25, -0.2) is 0 Å². The Bertz CT molecular complexity index is 207. The van der Waals surface area contributed by atoms with Gasteiger partial charge in [0.05, 0.1) is 0 Å². The van der Waals surface area contributed by atoms with Gasteiger partial charge in [0.2, 0.25) is 0 Å². The molecule has 0 bridgehead atoms. The van der Waals surface area contributed by atoms with Crippen LogP contribution in [0.25, 0.3) is 0 Å². The molecule has 0 saturated heterocycles. The molecule has 1 nitrogen and oxygen atoms in total. The van der Waals surface area contributed by atoms with E-state index in [9.17, 15) is 0 Å². The van der Waals surface area contributed by atoms with Gasteiger partial charge in [-0.1, -0.05) is 0 Å². The van der Waals surface area contributed by atoms with E-state index < -0.39 is 0 Å². The number of rotatable bonds is 2. The molecule has 1 heterocycles. The van der Waals surface area contributed by atoms with E-state index in [2.05, 4.69) is 18.8 Å². The summed E-state index contributed by atoms with van der Waals surface area (Å²) in [7, 11) is 0. The molecule has 0 aliphatic heterocycles. The molecular formula is C7H13NSSn. The Morgan fingerprint density at radius 2 is 2.40 bits per heavy atom. The van der Waals surface area contributed by atoms with Crippen LogP contribution >= 0.6 is 11.3 Å². The molecule has 3 heteroatoms. The first kappa shape index (κ1) is 8.52. The van der Waals surface area contributed by atoms with Gasteiger partial charge in [0, 0.05) is 0 Å².